The Labute approximate surface area is 160 Å². The minimum Gasteiger partial charge on any atom is -0.346 e. The van der Waals surface area contributed by atoms with Gasteiger partial charge >= 0.3 is 6.03 Å². The third-order valence-corrected chi connectivity index (χ3v) is 3.31. The lowest BCUT2D eigenvalue weighted by atomic mass is 10.1. The van der Waals surface area contributed by atoms with E-state index in [4.69, 9.17) is 5.73 Å². The molecule has 0 fully saturated rings. The average Bonchev–Trinajstić information content (AvgIpc) is 2.52. The van der Waals surface area contributed by atoms with Crippen molar-refractivity contribution in [3.05, 3.63) is 24.3 Å². The number of benzene rings is 1. The van der Waals surface area contributed by atoms with Crippen molar-refractivity contribution in [2.24, 2.45) is 11.7 Å². The smallest absolute Gasteiger partial charge is 0.319 e. The minimum atomic E-state index is -0.665. The molecule has 9 heteroatoms. The van der Waals surface area contributed by atoms with Gasteiger partial charge in [0, 0.05) is 6.04 Å². The molecule has 0 unspecified atom stereocenters. The molecule has 1 rings (SSSR count). The van der Waals surface area contributed by atoms with Gasteiger partial charge in [0.15, 0.2) is 0 Å². The maximum atomic E-state index is 12.0. The lowest BCUT2D eigenvalue weighted by Crippen LogP contribution is -2.46. The van der Waals surface area contributed by atoms with E-state index in [1.165, 1.54) is 0 Å². The standard InChI is InChI=1S/C17H27N5O3.ClH/c1-10(2)15(18)16(24)19-9-14(23)21-12-7-5-6-8-13(12)22-17(25)20-11(3)4;/h5-8,10-11,15H,9,18H2,1-4H3,(H,19,24)(H,21,23)(H2,20,22,25);1H/t15-;/m0./s1. The zero-order valence-electron chi connectivity index (χ0n) is 15.5. The van der Waals surface area contributed by atoms with Crippen LogP contribution in [0.2, 0.25) is 0 Å². The Morgan fingerprint density at radius 3 is 2.04 bits per heavy atom. The normalized spacial score (nSPS) is 11.3. The number of carbonyl (C=O) groups excluding carboxylic acids is 3. The van der Waals surface area contributed by atoms with E-state index in [0.717, 1.165) is 0 Å². The van der Waals surface area contributed by atoms with Crippen LogP contribution in [0.15, 0.2) is 24.3 Å². The van der Waals surface area contributed by atoms with Gasteiger partial charge in [0.1, 0.15) is 0 Å². The molecule has 1 atom stereocenters. The van der Waals surface area contributed by atoms with Crippen LogP contribution in [0.1, 0.15) is 27.7 Å². The number of nitrogens with one attached hydrogen (secondary N) is 4. The summed E-state index contributed by atoms with van der Waals surface area (Å²) in [6.45, 7) is 7.14. The summed E-state index contributed by atoms with van der Waals surface area (Å²) in [6.07, 6.45) is 0. The SMILES string of the molecule is CC(C)NC(=O)Nc1ccccc1NC(=O)CNC(=O)[C@@H](N)C(C)C.Cl. The fraction of sp³-hybridized carbons (Fsp3) is 0.471. The molecule has 0 aromatic heterocycles. The summed E-state index contributed by atoms with van der Waals surface area (Å²) < 4.78 is 0. The van der Waals surface area contributed by atoms with Crippen molar-refractivity contribution < 1.29 is 14.4 Å². The molecule has 0 saturated heterocycles. The van der Waals surface area contributed by atoms with E-state index in [0.29, 0.717) is 11.4 Å². The lowest BCUT2D eigenvalue weighted by molar-refractivity contribution is -0.125. The second kappa shape index (κ2) is 11.3. The number of urea groups is 1. The third-order valence-electron chi connectivity index (χ3n) is 3.31. The average molecular weight is 386 g/mol. The highest BCUT2D eigenvalue weighted by Crippen LogP contribution is 2.20. The molecule has 0 aliphatic rings. The van der Waals surface area contributed by atoms with E-state index in [2.05, 4.69) is 21.3 Å². The molecule has 1 aromatic carbocycles. The fourth-order valence-electron chi connectivity index (χ4n) is 1.90. The highest BCUT2D eigenvalue weighted by Gasteiger charge is 2.18. The van der Waals surface area contributed by atoms with Gasteiger partial charge in [0.05, 0.1) is 24.0 Å². The first kappa shape index (κ1) is 23.7. The number of nitrogens with two attached hydrogens (primary N) is 1. The molecule has 0 radical (unpaired) electrons. The van der Waals surface area contributed by atoms with E-state index < -0.39 is 11.9 Å². The largest absolute Gasteiger partial charge is 0.346 e. The summed E-state index contributed by atoms with van der Waals surface area (Å²) in [5, 5.41) is 10.5. The van der Waals surface area contributed by atoms with Crippen molar-refractivity contribution >= 4 is 41.6 Å². The van der Waals surface area contributed by atoms with Crippen LogP contribution >= 0.6 is 12.4 Å². The van der Waals surface area contributed by atoms with Gasteiger partial charge < -0.3 is 27.0 Å². The molecule has 6 N–H and O–H groups in total. The number of hydrogen-bond acceptors (Lipinski definition) is 4. The number of hydrogen-bond donors (Lipinski definition) is 5. The van der Waals surface area contributed by atoms with Crippen molar-refractivity contribution in [2.45, 2.75) is 39.8 Å². The minimum absolute atomic E-state index is 0. The van der Waals surface area contributed by atoms with Crippen molar-refractivity contribution in [2.75, 3.05) is 17.2 Å². The molecular weight excluding hydrogens is 358 g/mol. The van der Waals surface area contributed by atoms with Crippen LogP contribution < -0.4 is 27.0 Å². The van der Waals surface area contributed by atoms with Crippen LogP contribution in [0.25, 0.3) is 0 Å². The van der Waals surface area contributed by atoms with Crippen molar-refractivity contribution in [3.63, 3.8) is 0 Å². The van der Waals surface area contributed by atoms with Gasteiger partial charge in [-0.15, -0.1) is 12.4 Å². The molecule has 0 aliphatic heterocycles. The first-order valence-corrected chi connectivity index (χ1v) is 8.20. The van der Waals surface area contributed by atoms with E-state index in [-0.39, 0.29) is 42.8 Å². The Hall–Kier alpha value is -2.32. The van der Waals surface area contributed by atoms with Gasteiger partial charge in [-0.1, -0.05) is 26.0 Å². The summed E-state index contributed by atoms with van der Waals surface area (Å²) >= 11 is 0. The summed E-state index contributed by atoms with van der Waals surface area (Å²) in [5.41, 5.74) is 6.62. The van der Waals surface area contributed by atoms with Crippen LogP contribution in [-0.4, -0.2) is 36.5 Å². The molecule has 0 spiro atoms. The third kappa shape index (κ3) is 8.17. The quantitative estimate of drug-likeness (QED) is 0.489. The molecule has 146 valence electrons. The monoisotopic (exact) mass is 385 g/mol. The van der Waals surface area contributed by atoms with Crippen molar-refractivity contribution in [3.8, 4) is 0 Å². The molecule has 0 heterocycles. The molecule has 0 aliphatic carbocycles. The van der Waals surface area contributed by atoms with Crippen molar-refractivity contribution in [1.82, 2.24) is 10.6 Å². The first-order chi connectivity index (χ1) is 11.7. The van der Waals surface area contributed by atoms with Gasteiger partial charge in [0.25, 0.3) is 0 Å². The Morgan fingerprint density at radius 1 is 1.00 bits per heavy atom. The summed E-state index contributed by atoms with van der Waals surface area (Å²) in [5.74, 6) is -0.817. The predicted molar refractivity (Wildman–Crippen MR) is 105 cm³/mol. The van der Waals surface area contributed by atoms with Crippen LogP contribution in [0.3, 0.4) is 0 Å². The topological polar surface area (TPSA) is 125 Å². The number of carbonyl (C=O) groups is 3. The van der Waals surface area contributed by atoms with Gasteiger partial charge in [-0.3, -0.25) is 9.59 Å². The Bertz CT molecular complexity index is 622. The Morgan fingerprint density at radius 2 is 1.54 bits per heavy atom. The van der Waals surface area contributed by atoms with E-state index in [9.17, 15) is 14.4 Å². The van der Waals surface area contributed by atoms with E-state index in [1.807, 2.05) is 27.7 Å². The molecule has 26 heavy (non-hydrogen) atoms. The van der Waals surface area contributed by atoms with Gasteiger partial charge in [-0.05, 0) is 31.9 Å². The number of rotatable bonds is 7. The summed E-state index contributed by atoms with van der Waals surface area (Å²) in [4.78, 5) is 35.6. The first-order valence-electron chi connectivity index (χ1n) is 8.20. The van der Waals surface area contributed by atoms with Gasteiger partial charge in [0.2, 0.25) is 11.8 Å². The van der Waals surface area contributed by atoms with Gasteiger partial charge in [-0.25, -0.2) is 4.79 Å². The van der Waals surface area contributed by atoms with Crippen LogP contribution in [0, 0.1) is 5.92 Å². The Kier molecular flexibility index (Phi) is 10.3. The second-order valence-corrected chi connectivity index (χ2v) is 6.33. The summed E-state index contributed by atoms with van der Waals surface area (Å²) in [7, 11) is 0. The molecular formula is C17H28ClN5O3. The number of amides is 4. The van der Waals surface area contributed by atoms with E-state index in [1.54, 1.807) is 24.3 Å². The lowest BCUT2D eigenvalue weighted by Gasteiger charge is -2.16. The maximum absolute atomic E-state index is 12.0. The highest BCUT2D eigenvalue weighted by molar-refractivity contribution is 6.00. The molecule has 0 saturated carbocycles. The Balaban J connectivity index is 0.00000625. The zero-order chi connectivity index (χ0) is 19.0. The predicted octanol–water partition coefficient (Wildman–Crippen LogP) is 1.68. The maximum Gasteiger partial charge on any atom is 0.319 e. The van der Waals surface area contributed by atoms with Gasteiger partial charge in [-0.2, -0.15) is 0 Å². The number of para-hydroxylation sites is 2. The highest BCUT2D eigenvalue weighted by atomic mass is 35.5. The second-order valence-electron chi connectivity index (χ2n) is 6.33. The van der Waals surface area contributed by atoms with Crippen LogP contribution in [0.4, 0.5) is 16.2 Å². The van der Waals surface area contributed by atoms with Crippen molar-refractivity contribution in [1.29, 1.82) is 0 Å². The van der Waals surface area contributed by atoms with E-state index >= 15 is 0 Å². The molecule has 4 amide bonds. The molecule has 1 aromatic rings. The van der Waals surface area contributed by atoms with Crippen LogP contribution in [0.5, 0.6) is 0 Å². The zero-order valence-corrected chi connectivity index (χ0v) is 16.3. The number of halogens is 1. The van der Waals surface area contributed by atoms with Crippen LogP contribution in [-0.2, 0) is 9.59 Å². The molecule has 0 bridgehead atoms. The summed E-state index contributed by atoms with van der Waals surface area (Å²) in [6, 6.07) is 5.75. The number of anilines is 2. The fourth-order valence-corrected chi connectivity index (χ4v) is 1.90. The molecule has 8 nitrogen and oxygen atoms in total.